The first-order valence-electron chi connectivity index (χ1n) is 13.9. The van der Waals surface area contributed by atoms with Crippen LogP contribution in [0.5, 0.6) is 11.5 Å². The van der Waals surface area contributed by atoms with Crippen LogP contribution in [-0.2, 0) is 19.4 Å². The molecule has 0 atom stereocenters. The highest BCUT2D eigenvalue weighted by molar-refractivity contribution is 5.93. The minimum atomic E-state index is 0.595. The van der Waals surface area contributed by atoms with Crippen molar-refractivity contribution < 1.29 is 9.47 Å². The number of aromatic nitrogens is 4. The highest BCUT2D eigenvalue weighted by Crippen LogP contribution is 2.40. The van der Waals surface area contributed by atoms with E-state index in [0.29, 0.717) is 12.5 Å². The second-order valence-electron chi connectivity index (χ2n) is 10.7. The average molecular weight is 517 g/mol. The Morgan fingerprint density at radius 2 is 1.77 bits per heavy atom. The maximum absolute atomic E-state index is 5.95. The molecule has 2 aliphatic rings. The van der Waals surface area contributed by atoms with E-state index in [1.807, 2.05) is 23.0 Å². The molecule has 1 saturated carbocycles. The average Bonchev–Trinajstić information content (AvgIpc) is 3.57. The van der Waals surface area contributed by atoms with Crippen molar-refractivity contribution in [1.29, 1.82) is 0 Å². The summed E-state index contributed by atoms with van der Waals surface area (Å²) < 4.78 is 13.3. The molecule has 0 spiro atoms. The normalized spacial score (nSPS) is 14.8. The van der Waals surface area contributed by atoms with Gasteiger partial charge in [0.05, 0.1) is 26.3 Å². The van der Waals surface area contributed by atoms with Crippen LogP contribution in [0.2, 0.25) is 0 Å². The van der Waals surface area contributed by atoms with Gasteiger partial charge < -0.3 is 9.47 Å². The molecule has 5 aromatic rings. The first-order chi connectivity index (χ1) is 19.2. The van der Waals surface area contributed by atoms with E-state index in [2.05, 4.69) is 48.5 Å². The van der Waals surface area contributed by atoms with Crippen molar-refractivity contribution in [3.05, 3.63) is 89.2 Å². The Hall–Kier alpha value is -4.19. The Morgan fingerprint density at radius 1 is 0.897 bits per heavy atom. The van der Waals surface area contributed by atoms with Gasteiger partial charge in [-0.1, -0.05) is 36.8 Å². The lowest BCUT2D eigenvalue weighted by atomic mass is 9.82. The summed E-state index contributed by atoms with van der Waals surface area (Å²) in [4.78, 5) is 10.1. The first kappa shape index (κ1) is 23.9. The standard InChI is InChI=1S/C33H32N4O2/c1-38-25-15-12-21(13-16-25)20-37-29-18-30(39-2)32(27-11-5-7-22-6-4-10-26(22)27)35-33(29)31(36-37)24-14-17-28(34-19-24)23-8-3-9-23/h5,7,11-19,23H,3-4,6,8-10,20H2,1-2H3. The quantitative estimate of drug-likeness (QED) is 0.233. The monoisotopic (exact) mass is 516 g/mol. The summed E-state index contributed by atoms with van der Waals surface area (Å²) in [5.74, 6) is 2.20. The maximum Gasteiger partial charge on any atom is 0.147 e. The van der Waals surface area contributed by atoms with E-state index < -0.39 is 0 Å². The molecular formula is C33H32N4O2. The molecule has 39 heavy (non-hydrogen) atoms. The van der Waals surface area contributed by atoms with Gasteiger partial charge >= 0.3 is 0 Å². The number of methoxy groups -OCH3 is 2. The van der Waals surface area contributed by atoms with E-state index in [9.17, 15) is 0 Å². The number of benzene rings is 2. The first-order valence-corrected chi connectivity index (χ1v) is 13.9. The molecule has 2 aromatic carbocycles. The summed E-state index contributed by atoms with van der Waals surface area (Å²) in [5, 5.41) is 5.12. The van der Waals surface area contributed by atoms with Crippen LogP contribution in [0.3, 0.4) is 0 Å². The van der Waals surface area contributed by atoms with Gasteiger partial charge in [-0.15, -0.1) is 0 Å². The number of fused-ring (bicyclic) bond motifs is 2. The van der Waals surface area contributed by atoms with Crippen LogP contribution in [0.1, 0.15) is 54.0 Å². The molecule has 6 heteroatoms. The molecule has 0 bridgehead atoms. The van der Waals surface area contributed by atoms with Crippen molar-refractivity contribution in [2.45, 2.75) is 51.0 Å². The van der Waals surface area contributed by atoms with Crippen molar-refractivity contribution in [1.82, 2.24) is 19.7 Å². The second kappa shape index (κ2) is 9.84. The zero-order valence-corrected chi connectivity index (χ0v) is 22.5. The number of rotatable bonds is 7. The summed E-state index contributed by atoms with van der Waals surface area (Å²) in [6, 6.07) is 21.1. The highest BCUT2D eigenvalue weighted by atomic mass is 16.5. The van der Waals surface area contributed by atoms with Gasteiger partial charge in [-0.25, -0.2) is 4.98 Å². The second-order valence-corrected chi connectivity index (χ2v) is 10.7. The van der Waals surface area contributed by atoms with E-state index in [0.717, 1.165) is 63.5 Å². The minimum absolute atomic E-state index is 0.595. The van der Waals surface area contributed by atoms with Gasteiger partial charge in [0.2, 0.25) is 0 Å². The fourth-order valence-electron chi connectivity index (χ4n) is 5.98. The van der Waals surface area contributed by atoms with E-state index in [1.54, 1.807) is 14.2 Å². The third-order valence-corrected chi connectivity index (χ3v) is 8.39. The topological polar surface area (TPSA) is 62.1 Å². The summed E-state index contributed by atoms with van der Waals surface area (Å²) >= 11 is 0. The smallest absolute Gasteiger partial charge is 0.147 e. The van der Waals surface area contributed by atoms with E-state index in [1.165, 1.54) is 42.5 Å². The number of hydrogen-bond acceptors (Lipinski definition) is 5. The van der Waals surface area contributed by atoms with Crippen LogP contribution in [0, 0.1) is 0 Å². The molecule has 0 saturated heterocycles. The highest BCUT2D eigenvalue weighted by Gasteiger charge is 2.24. The van der Waals surface area contributed by atoms with Crippen molar-refractivity contribution in [3.8, 4) is 34.0 Å². The van der Waals surface area contributed by atoms with Crippen molar-refractivity contribution in [2.24, 2.45) is 0 Å². The van der Waals surface area contributed by atoms with Crippen LogP contribution in [0.15, 0.2) is 66.9 Å². The van der Waals surface area contributed by atoms with Crippen LogP contribution < -0.4 is 9.47 Å². The SMILES string of the molecule is COc1ccc(Cn2nc(-c3ccc(C4CCC4)nc3)c3nc(-c4cccc5c4CCC5)c(OC)cc32)cc1. The van der Waals surface area contributed by atoms with Gasteiger partial charge in [0.15, 0.2) is 0 Å². The van der Waals surface area contributed by atoms with Gasteiger partial charge in [0.25, 0.3) is 0 Å². The Morgan fingerprint density at radius 3 is 2.49 bits per heavy atom. The maximum atomic E-state index is 5.95. The third kappa shape index (κ3) is 4.24. The minimum Gasteiger partial charge on any atom is -0.497 e. The molecule has 196 valence electrons. The zero-order valence-electron chi connectivity index (χ0n) is 22.5. The molecule has 0 amide bonds. The lowest BCUT2D eigenvalue weighted by Crippen LogP contribution is -2.10. The number of aryl methyl sites for hydroxylation is 1. The molecule has 1 fully saturated rings. The predicted molar refractivity (Wildman–Crippen MR) is 153 cm³/mol. The Kier molecular flexibility index (Phi) is 6.03. The number of nitrogens with zero attached hydrogens (tertiary/aromatic N) is 4. The summed E-state index contributed by atoms with van der Waals surface area (Å²) in [6.07, 6.45) is 9.12. The summed E-state index contributed by atoms with van der Waals surface area (Å²) in [5.41, 5.74) is 10.8. The molecule has 3 aromatic heterocycles. The lowest BCUT2D eigenvalue weighted by molar-refractivity contribution is 0.411. The summed E-state index contributed by atoms with van der Waals surface area (Å²) in [7, 11) is 3.41. The summed E-state index contributed by atoms with van der Waals surface area (Å²) in [6.45, 7) is 0.610. The number of pyridine rings is 2. The molecule has 6 nitrogen and oxygen atoms in total. The van der Waals surface area contributed by atoms with Gasteiger partial charge in [-0.3, -0.25) is 9.67 Å². The Balaban J connectivity index is 1.39. The molecule has 0 radical (unpaired) electrons. The molecule has 0 aliphatic heterocycles. The number of ether oxygens (including phenoxy) is 2. The van der Waals surface area contributed by atoms with E-state index in [-0.39, 0.29) is 0 Å². The van der Waals surface area contributed by atoms with Crippen LogP contribution >= 0.6 is 0 Å². The third-order valence-electron chi connectivity index (χ3n) is 8.39. The molecule has 2 aliphatic carbocycles. The molecular weight excluding hydrogens is 484 g/mol. The van der Waals surface area contributed by atoms with Gasteiger partial charge in [0, 0.05) is 35.0 Å². The van der Waals surface area contributed by atoms with Crippen LogP contribution in [0.25, 0.3) is 33.5 Å². The fraction of sp³-hybridized carbons (Fsp3) is 0.303. The van der Waals surface area contributed by atoms with Crippen LogP contribution in [0.4, 0.5) is 0 Å². The Labute approximate surface area is 228 Å². The molecule has 7 rings (SSSR count). The predicted octanol–water partition coefficient (Wildman–Crippen LogP) is 6.98. The molecule has 3 heterocycles. The largest absolute Gasteiger partial charge is 0.497 e. The van der Waals surface area contributed by atoms with Crippen molar-refractivity contribution >= 4 is 11.0 Å². The zero-order chi connectivity index (χ0) is 26.3. The molecule has 0 unspecified atom stereocenters. The van der Waals surface area contributed by atoms with E-state index in [4.69, 9.17) is 24.5 Å². The van der Waals surface area contributed by atoms with Gasteiger partial charge in [-0.2, -0.15) is 5.10 Å². The van der Waals surface area contributed by atoms with Crippen molar-refractivity contribution in [3.63, 3.8) is 0 Å². The number of hydrogen-bond donors (Lipinski definition) is 0. The molecule has 0 N–H and O–H groups in total. The Bertz CT molecular complexity index is 1650. The van der Waals surface area contributed by atoms with Gasteiger partial charge in [-0.05, 0) is 73.1 Å². The van der Waals surface area contributed by atoms with E-state index >= 15 is 0 Å². The lowest BCUT2D eigenvalue weighted by Gasteiger charge is -2.24. The van der Waals surface area contributed by atoms with Crippen LogP contribution in [-0.4, -0.2) is 34.0 Å². The van der Waals surface area contributed by atoms with Gasteiger partial charge in [0.1, 0.15) is 28.4 Å². The fourth-order valence-corrected chi connectivity index (χ4v) is 5.98. The van der Waals surface area contributed by atoms with Crippen molar-refractivity contribution in [2.75, 3.05) is 14.2 Å².